The van der Waals surface area contributed by atoms with Crippen molar-refractivity contribution in [2.24, 2.45) is 0 Å². The van der Waals surface area contributed by atoms with E-state index in [4.69, 9.17) is 0 Å². The van der Waals surface area contributed by atoms with Crippen molar-refractivity contribution >= 4 is 5.82 Å². The van der Waals surface area contributed by atoms with Crippen LogP contribution in [-0.4, -0.2) is 35.6 Å². The second-order valence-corrected chi connectivity index (χ2v) is 6.22. The van der Waals surface area contributed by atoms with Gasteiger partial charge in [-0.15, -0.1) is 0 Å². The zero-order valence-electron chi connectivity index (χ0n) is 13.6. The Labute approximate surface area is 133 Å². The van der Waals surface area contributed by atoms with E-state index in [0.29, 0.717) is 6.04 Å². The molecule has 3 heteroatoms. The van der Waals surface area contributed by atoms with E-state index in [0.717, 1.165) is 37.7 Å². The van der Waals surface area contributed by atoms with E-state index < -0.39 is 0 Å². The lowest BCUT2D eigenvalue weighted by Gasteiger charge is -2.26. The van der Waals surface area contributed by atoms with Gasteiger partial charge in [-0.1, -0.05) is 36.4 Å². The first kappa shape index (κ1) is 15.0. The largest absolute Gasteiger partial charge is 0.355 e. The van der Waals surface area contributed by atoms with E-state index in [1.54, 1.807) is 0 Å². The summed E-state index contributed by atoms with van der Waals surface area (Å²) >= 11 is 0. The summed E-state index contributed by atoms with van der Waals surface area (Å²) in [5.74, 6) is 1.12. The maximum absolute atomic E-state index is 4.68. The summed E-state index contributed by atoms with van der Waals surface area (Å²) in [7, 11) is 0. The van der Waals surface area contributed by atoms with Gasteiger partial charge in [-0.05, 0) is 38.0 Å². The number of benzene rings is 1. The lowest BCUT2D eigenvalue weighted by molar-refractivity contribution is 0.212. The smallest absolute Gasteiger partial charge is 0.128 e. The molecule has 0 N–H and O–H groups in total. The number of anilines is 1. The number of aromatic nitrogens is 1. The van der Waals surface area contributed by atoms with Crippen LogP contribution < -0.4 is 4.90 Å². The van der Waals surface area contributed by atoms with E-state index in [-0.39, 0.29) is 0 Å². The molecule has 116 valence electrons. The zero-order chi connectivity index (χ0) is 15.4. The van der Waals surface area contributed by atoms with Gasteiger partial charge in [0.25, 0.3) is 0 Å². The molecule has 1 aromatic heterocycles. The van der Waals surface area contributed by atoms with Crippen LogP contribution in [0.3, 0.4) is 0 Å². The Morgan fingerprint density at radius 2 is 1.82 bits per heavy atom. The molecule has 0 aliphatic carbocycles. The predicted molar refractivity (Wildman–Crippen MR) is 92.1 cm³/mol. The third-order valence-corrected chi connectivity index (χ3v) is 4.52. The minimum atomic E-state index is 0.606. The Morgan fingerprint density at radius 3 is 2.59 bits per heavy atom. The molecule has 1 unspecified atom stereocenters. The first-order valence-corrected chi connectivity index (χ1v) is 8.19. The topological polar surface area (TPSA) is 19.4 Å². The van der Waals surface area contributed by atoms with Crippen LogP contribution in [0, 0.1) is 6.92 Å². The van der Waals surface area contributed by atoms with Gasteiger partial charge < -0.3 is 4.90 Å². The van der Waals surface area contributed by atoms with Crippen LogP contribution in [0.2, 0.25) is 0 Å². The lowest BCUT2D eigenvalue weighted by Crippen LogP contribution is -2.34. The molecule has 1 aromatic carbocycles. The number of nitrogens with zero attached hydrogens (tertiary/aromatic N) is 3. The average Bonchev–Trinajstić information content (AvgIpc) is 2.71. The maximum atomic E-state index is 4.68. The van der Waals surface area contributed by atoms with Crippen LogP contribution in [0.15, 0.2) is 48.5 Å². The van der Waals surface area contributed by atoms with Gasteiger partial charge in [0, 0.05) is 37.9 Å². The van der Waals surface area contributed by atoms with Crippen molar-refractivity contribution in [2.45, 2.75) is 32.9 Å². The monoisotopic (exact) mass is 295 g/mol. The molecule has 0 spiro atoms. The molecule has 0 amide bonds. The van der Waals surface area contributed by atoms with E-state index in [1.165, 1.54) is 12.0 Å². The highest BCUT2D eigenvalue weighted by molar-refractivity contribution is 5.39. The Hall–Kier alpha value is -1.87. The summed E-state index contributed by atoms with van der Waals surface area (Å²) in [5, 5.41) is 0. The fourth-order valence-electron chi connectivity index (χ4n) is 3.09. The third-order valence-electron chi connectivity index (χ3n) is 4.52. The first-order chi connectivity index (χ1) is 10.7. The minimum Gasteiger partial charge on any atom is -0.355 e. The molecule has 1 aliphatic rings. The molecular formula is C19H25N3. The van der Waals surface area contributed by atoms with Crippen molar-refractivity contribution in [2.75, 3.05) is 24.5 Å². The van der Waals surface area contributed by atoms with Crippen molar-refractivity contribution in [1.82, 2.24) is 9.88 Å². The molecule has 0 bridgehead atoms. The summed E-state index contributed by atoms with van der Waals surface area (Å²) in [4.78, 5) is 9.69. The molecule has 0 radical (unpaired) electrons. The number of rotatable bonds is 3. The van der Waals surface area contributed by atoms with Crippen LogP contribution in [-0.2, 0) is 6.54 Å². The summed E-state index contributed by atoms with van der Waals surface area (Å²) in [6.45, 7) is 8.67. The van der Waals surface area contributed by atoms with Crippen molar-refractivity contribution < 1.29 is 0 Å². The standard InChI is InChI=1S/C19H25N3/c1-16-7-6-10-19(20-16)21-12-11-17(2)22(14-13-21)15-18-8-4-3-5-9-18/h3-10,17H,11-15H2,1-2H3. The quantitative estimate of drug-likeness (QED) is 0.864. The highest BCUT2D eigenvalue weighted by Crippen LogP contribution is 2.19. The first-order valence-electron chi connectivity index (χ1n) is 8.19. The van der Waals surface area contributed by atoms with E-state index in [9.17, 15) is 0 Å². The van der Waals surface area contributed by atoms with E-state index in [1.807, 2.05) is 0 Å². The van der Waals surface area contributed by atoms with Gasteiger partial charge in [0.1, 0.15) is 5.82 Å². The highest BCUT2D eigenvalue weighted by atomic mass is 15.3. The molecular weight excluding hydrogens is 270 g/mol. The normalized spacial score (nSPS) is 19.9. The van der Waals surface area contributed by atoms with Crippen LogP contribution in [0.25, 0.3) is 0 Å². The fourth-order valence-corrected chi connectivity index (χ4v) is 3.09. The van der Waals surface area contributed by atoms with Crippen LogP contribution in [0.5, 0.6) is 0 Å². The molecule has 1 atom stereocenters. The van der Waals surface area contributed by atoms with Gasteiger partial charge >= 0.3 is 0 Å². The zero-order valence-corrected chi connectivity index (χ0v) is 13.6. The Bertz CT molecular complexity index is 597. The van der Waals surface area contributed by atoms with Gasteiger partial charge in [0.2, 0.25) is 0 Å². The maximum Gasteiger partial charge on any atom is 0.128 e. The average molecular weight is 295 g/mol. The molecule has 1 aliphatic heterocycles. The molecule has 3 rings (SSSR count). The predicted octanol–water partition coefficient (Wildman–Crippen LogP) is 3.49. The second-order valence-electron chi connectivity index (χ2n) is 6.22. The highest BCUT2D eigenvalue weighted by Gasteiger charge is 2.21. The van der Waals surface area contributed by atoms with Crippen LogP contribution >= 0.6 is 0 Å². The fraction of sp³-hybridized carbons (Fsp3) is 0.421. The van der Waals surface area contributed by atoms with Gasteiger partial charge in [0.15, 0.2) is 0 Å². The van der Waals surface area contributed by atoms with Gasteiger partial charge in [0.05, 0.1) is 0 Å². The van der Waals surface area contributed by atoms with Crippen molar-refractivity contribution in [3.8, 4) is 0 Å². The van der Waals surface area contributed by atoms with Gasteiger partial charge in [-0.25, -0.2) is 4.98 Å². The molecule has 2 heterocycles. The minimum absolute atomic E-state index is 0.606. The molecule has 0 saturated carbocycles. The summed E-state index contributed by atoms with van der Waals surface area (Å²) < 4.78 is 0. The molecule has 1 fully saturated rings. The second kappa shape index (κ2) is 6.93. The van der Waals surface area contributed by atoms with Gasteiger partial charge in [-0.3, -0.25) is 4.90 Å². The number of hydrogen-bond acceptors (Lipinski definition) is 3. The van der Waals surface area contributed by atoms with E-state index in [2.05, 4.69) is 77.2 Å². The summed E-state index contributed by atoms with van der Waals surface area (Å²) in [6, 6.07) is 17.7. The van der Waals surface area contributed by atoms with Crippen LogP contribution in [0.1, 0.15) is 24.6 Å². The number of hydrogen-bond donors (Lipinski definition) is 0. The number of pyridine rings is 1. The molecule has 1 saturated heterocycles. The summed E-state index contributed by atoms with van der Waals surface area (Å²) in [6.07, 6.45) is 1.18. The SMILES string of the molecule is Cc1cccc(N2CCC(C)N(Cc3ccccc3)CC2)n1. The molecule has 2 aromatic rings. The van der Waals surface area contributed by atoms with E-state index >= 15 is 0 Å². The van der Waals surface area contributed by atoms with Crippen LogP contribution in [0.4, 0.5) is 5.82 Å². The Morgan fingerprint density at radius 1 is 1.00 bits per heavy atom. The molecule has 22 heavy (non-hydrogen) atoms. The molecule has 3 nitrogen and oxygen atoms in total. The Balaban J connectivity index is 1.67. The van der Waals surface area contributed by atoms with Crippen molar-refractivity contribution in [3.05, 3.63) is 59.8 Å². The van der Waals surface area contributed by atoms with Gasteiger partial charge in [-0.2, -0.15) is 0 Å². The van der Waals surface area contributed by atoms with Crippen molar-refractivity contribution in [3.63, 3.8) is 0 Å². The third kappa shape index (κ3) is 3.66. The Kier molecular flexibility index (Phi) is 4.74. The number of aryl methyl sites for hydroxylation is 1. The lowest BCUT2D eigenvalue weighted by atomic mass is 10.1. The van der Waals surface area contributed by atoms with Crippen molar-refractivity contribution in [1.29, 1.82) is 0 Å². The summed E-state index contributed by atoms with van der Waals surface area (Å²) in [5.41, 5.74) is 2.49.